The van der Waals surface area contributed by atoms with Crippen LogP contribution in [0.4, 0.5) is 0 Å². The molecule has 1 aromatic heterocycles. The lowest BCUT2D eigenvalue weighted by molar-refractivity contribution is -0.168. The van der Waals surface area contributed by atoms with Crippen LogP contribution in [-0.4, -0.2) is 46.1 Å². The zero-order valence-corrected chi connectivity index (χ0v) is 18.8. The summed E-state index contributed by atoms with van der Waals surface area (Å²) >= 11 is 0. The van der Waals surface area contributed by atoms with E-state index in [1.54, 1.807) is 17.7 Å². The minimum absolute atomic E-state index is 0.0624. The van der Waals surface area contributed by atoms with Crippen molar-refractivity contribution in [2.24, 2.45) is 5.16 Å². The van der Waals surface area contributed by atoms with Gasteiger partial charge in [0.1, 0.15) is 5.69 Å². The Hall–Kier alpha value is -3.16. The van der Waals surface area contributed by atoms with Crippen LogP contribution in [0.1, 0.15) is 60.5 Å². The van der Waals surface area contributed by atoms with Gasteiger partial charge in [-0.05, 0) is 46.2 Å². The molecule has 0 aliphatic carbocycles. The summed E-state index contributed by atoms with van der Waals surface area (Å²) in [6.45, 7) is 9.97. The van der Waals surface area contributed by atoms with Crippen LogP contribution in [0.2, 0.25) is 0 Å². The maximum atomic E-state index is 12.8. The molecule has 1 N–H and O–H groups in total. The summed E-state index contributed by atoms with van der Waals surface area (Å²) < 4.78 is 6.98. The maximum Gasteiger partial charge on any atom is 0.354 e. The Bertz CT molecular complexity index is 995. The monoisotopic (exact) mass is 426 g/mol. The van der Waals surface area contributed by atoms with Gasteiger partial charge in [0.15, 0.2) is 0 Å². The van der Waals surface area contributed by atoms with E-state index in [2.05, 4.69) is 15.6 Å². The van der Waals surface area contributed by atoms with Crippen LogP contribution in [0.15, 0.2) is 35.5 Å². The molecule has 166 valence electrons. The summed E-state index contributed by atoms with van der Waals surface area (Å²) in [6.07, 6.45) is 0.594. The van der Waals surface area contributed by atoms with E-state index in [9.17, 15) is 9.59 Å². The number of oxime groups is 1. The molecule has 8 heteroatoms. The fraction of sp³-hybridized carbons (Fsp3) is 0.478. The first-order valence-corrected chi connectivity index (χ1v) is 10.5. The topological polar surface area (TPSA) is 94.8 Å². The van der Waals surface area contributed by atoms with Crippen molar-refractivity contribution in [2.45, 2.75) is 59.1 Å². The average molecular weight is 427 g/mol. The number of hydrogen-bond acceptors (Lipinski definition) is 6. The van der Waals surface area contributed by atoms with Crippen LogP contribution in [0.3, 0.4) is 0 Å². The Morgan fingerprint density at radius 2 is 2.06 bits per heavy atom. The number of carbonyl (C=O) groups excluding carboxylic acids is 2. The van der Waals surface area contributed by atoms with Crippen molar-refractivity contribution < 1.29 is 19.2 Å². The van der Waals surface area contributed by atoms with E-state index in [0.29, 0.717) is 17.8 Å². The second-order valence-electron chi connectivity index (χ2n) is 8.20. The van der Waals surface area contributed by atoms with Gasteiger partial charge in [-0.2, -0.15) is 5.10 Å². The Morgan fingerprint density at radius 1 is 1.29 bits per heavy atom. The highest BCUT2D eigenvalue weighted by molar-refractivity contribution is 5.99. The molecule has 0 saturated carbocycles. The van der Waals surface area contributed by atoms with Crippen molar-refractivity contribution in [2.75, 3.05) is 13.2 Å². The van der Waals surface area contributed by atoms with E-state index < -0.39 is 11.6 Å². The number of amides is 1. The van der Waals surface area contributed by atoms with E-state index in [0.717, 1.165) is 16.8 Å². The first-order valence-electron chi connectivity index (χ1n) is 10.5. The number of nitrogens with zero attached hydrogens (tertiary/aromatic N) is 3. The van der Waals surface area contributed by atoms with Gasteiger partial charge in [-0.15, -0.1) is 0 Å². The maximum absolute atomic E-state index is 12.8. The van der Waals surface area contributed by atoms with Crippen LogP contribution in [0, 0.1) is 13.8 Å². The smallest absolute Gasteiger partial charge is 0.354 e. The number of ether oxygens (including phenoxy) is 1. The number of nitrogens with one attached hydrogen (secondary N) is 1. The van der Waals surface area contributed by atoms with Crippen molar-refractivity contribution in [3.63, 3.8) is 0 Å². The average Bonchev–Trinajstić information content (AvgIpc) is 3.31. The molecule has 1 aliphatic rings. The largest absolute Gasteiger partial charge is 0.463 e. The zero-order valence-electron chi connectivity index (χ0n) is 18.8. The van der Waals surface area contributed by atoms with E-state index in [1.807, 2.05) is 52.0 Å². The van der Waals surface area contributed by atoms with Gasteiger partial charge in [-0.1, -0.05) is 35.0 Å². The SMILES string of the molecule is CCOC(=O)C1(Cc2cccc(C)c2)CC(CNC(=O)c2cc(C)nn2C(C)C)=NO1. The van der Waals surface area contributed by atoms with Gasteiger partial charge in [0.05, 0.1) is 24.6 Å². The van der Waals surface area contributed by atoms with Crippen LogP contribution in [0.5, 0.6) is 0 Å². The Kier molecular flexibility index (Phi) is 6.77. The Morgan fingerprint density at radius 3 is 2.74 bits per heavy atom. The van der Waals surface area contributed by atoms with Gasteiger partial charge in [0.2, 0.25) is 5.60 Å². The summed E-state index contributed by atoms with van der Waals surface area (Å²) in [5.74, 6) is -0.695. The Balaban J connectivity index is 1.70. The van der Waals surface area contributed by atoms with E-state index >= 15 is 0 Å². The number of hydrogen-bond donors (Lipinski definition) is 1. The second kappa shape index (κ2) is 9.32. The fourth-order valence-electron chi connectivity index (χ4n) is 3.68. The molecule has 1 amide bonds. The fourth-order valence-corrected chi connectivity index (χ4v) is 3.68. The summed E-state index contributed by atoms with van der Waals surface area (Å²) in [5.41, 5.74) is 2.69. The molecule has 2 heterocycles. The lowest BCUT2D eigenvalue weighted by Gasteiger charge is -2.24. The molecule has 0 bridgehead atoms. The number of aryl methyl sites for hydroxylation is 2. The molecule has 1 unspecified atom stereocenters. The van der Waals surface area contributed by atoms with Gasteiger partial charge in [-0.3, -0.25) is 9.48 Å². The number of benzene rings is 1. The second-order valence-corrected chi connectivity index (χ2v) is 8.20. The molecule has 1 aromatic carbocycles. The van der Waals surface area contributed by atoms with Crippen molar-refractivity contribution in [1.82, 2.24) is 15.1 Å². The van der Waals surface area contributed by atoms with E-state index in [4.69, 9.17) is 9.57 Å². The van der Waals surface area contributed by atoms with Gasteiger partial charge < -0.3 is 14.9 Å². The summed E-state index contributed by atoms with van der Waals surface area (Å²) in [6, 6.07) is 9.72. The zero-order chi connectivity index (χ0) is 22.6. The molecule has 0 radical (unpaired) electrons. The third kappa shape index (κ3) is 5.13. The molecule has 31 heavy (non-hydrogen) atoms. The van der Waals surface area contributed by atoms with Gasteiger partial charge in [-0.25, -0.2) is 4.79 Å². The van der Waals surface area contributed by atoms with Gasteiger partial charge in [0.25, 0.3) is 5.91 Å². The molecule has 0 spiro atoms. The van der Waals surface area contributed by atoms with Crippen LogP contribution < -0.4 is 5.32 Å². The summed E-state index contributed by atoms with van der Waals surface area (Å²) in [5, 5.41) is 11.4. The molecule has 0 fully saturated rings. The minimum Gasteiger partial charge on any atom is -0.463 e. The number of carbonyl (C=O) groups is 2. The number of aromatic nitrogens is 2. The third-order valence-electron chi connectivity index (χ3n) is 5.09. The Labute approximate surface area is 182 Å². The van der Waals surface area contributed by atoms with Gasteiger partial charge in [0, 0.05) is 18.9 Å². The molecule has 1 atom stereocenters. The van der Waals surface area contributed by atoms with Gasteiger partial charge >= 0.3 is 5.97 Å². The summed E-state index contributed by atoms with van der Waals surface area (Å²) in [4.78, 5) is 31.1. The van der Waals surface area contributed by atoms with Crippen molar-refractivity contribution in [1.29, 1.82) is 0 Å². The van der Waals surface area contributed by atoms with Crippen molar-refractivity contribution in [3.05, 3.63) is 52.8 Å². The standard InChI is InChI=1S/C23H30N4O4/c1-6-30-22(29)23(12-18-9-7-8-16(4)10-18)13-19(26-31-23)14-24-21(28)20-11-17(5)25-27(20)15(2)3/h7-11,15H,6,12-14H2,1-5H3,(H,24,28). The predicted octanol–water partition coefficient (Wildman–Crippen LogP) is 3.13. The highest BCUT2D eigenvalue weighted by atomic mass is 16.7. The quantitative estimate of drug-likeness (QED) is 0.655. The van der Waals surface area contributed by atoms with Crippen LogP contribution >= 0.6 is 0 Å². The highest BCUT2D eigenvalue weighted by Gasteiger charge is 2.48. The number of rotatable bonds is 8. The first kappa shape index (κ1) is 22.5. The van der Waals surface area contributed by atoms with E-state index in [1.165, 1.54) is 0 Å². The number of esters is 1. The predicted molar refractivity (Wildman–Crippen MR) is 117 cm³/mol. The first-order chi connectivity index (χ1) is 14.7. The molecular formula is C23H30N4O4. The lowest BCUT2D eigenvalue weighted by Crippen LogP contribution is -2.43. The van der Waals surface area contributed by atoms with Crippen molar-refractivity contribution in [3.8, 4) is 0 Å². The molecule has 3 rings (SSSR count). The molecule has 0 saturated heterocycles. The minimum atomic E-state index is -1.22. The van der Waals surface area contributed by atoms with E-state index in [-0.39, 0.29) is 31.5 Å². The molecule has 8 nitrogen and oxygen atoms in total. The molecular weight excluding hydrogens is 396 g/mol. The molecule has 1 aliphatic heterocycles. The highest BCUT2D eigenvalue weighted by Crippen LogP contribution is 2.30. The van der Waals surface area contributed by atoms with Crippen molar-refractivity contribution >= 4 is 17.6 Å². The van der Waals surface area contributed by atoms with Crippen LogP contribution in [-0.2, 0) is 20.8 Å². The molecule has 2 aromatic rings. The summed E-state index contributed by atoms with van der Waals surface area (Å²) in [7, 11) is 0. The van der Waals surface area contributed by atoms with Crippen LogP contribution in [0.25, 0.3) is 0 Å². The lowest BCUT2D eigenvalue weighted by atomic mass is 9.89. The normalized spacial score (nSPS) is 17.9. The third-order valence-corrected chi connectivity index (χ3v) is 5.09.